The summed E-state index contributed by atoms with van der Waals surface area (Å²) in [5, 5.41) is 11.1. The SMILES string of the molecule is Nc1cc(S(=O)(=O)O)c(SOC(=O)CSOOO)cc1S(=O)(=O)O. The lowest BCUT2D eigenvalue weighted by molar-refractivity contribution is -0.432. The van der Waals surface area contributed by atoms with E-state index in [1.54, 1.807) is 0 Å². The van der Waals surface area contributed by atoms with Gasteiger partial charge in [0.1, 0.15) is 15.5 Å². The zero-order chi connectivity index (χ0) is 18.5. The Morgan fingerprint density at radius 1 is 1.12 bits per heavy atom. The van der Waals surface area contributed by atoms with Crippen LogP contribution in [0.5, 0.6) is 0 Å². The summed E-state index contributed by atoms with van der Waals surface area (Å²) < 4.78 is 71.5. The van der Waals surface area contributed by atoms with Gasteiger partial charge in [0.25, 0.3) is 20.2 Å². The summed E-state index contributed by atoms with van der Waals surface area (Å²) in [5.41, 5.74) is 4.67. The molecule has 1 rings (SSSR count). The Hall–Kier alpha value is -1.11. The normalized spacial score (nSPS) is 12.1. The Bertz CT molecular complexity index is 819. The lowest BCUT2D eigenvalue weighted by Crippen LogP contribution is -2.09. The molecule has 1 aromatic rings. The molecule has 0 unspecified atom stereocenters. The number of nitrogen functional groups attached to an aromatic ring is 1. The molecule has 0 saturated carbocycles. The van der Waals surface area contributed by atoms with E-state index in [-0.39, 0.29) is 12.0 Å². The summed E-state index contributed by atoms with van der Waals surface area (Å²) in [6, 6.07) is 1.18. The zero-order valence-corrected chi connectivity index (χ0v) is 14.4. The molecule has 0 fully saturated rings. The van der Waals surface area contributed by atoms with Crippen molar-refractivity contribution in [2.24, 2.45) is 0 Å². The second kappa shape index (κ2) is 8.32. The predicted octanol–water partition coefficient (Wildman–Crippen LogP) is 0.382. The second-order valence-electron chi connectivity index (χ2n) is 3.73. The molecule has 16 heteroatoms. The van der Waals surface area contributed by atoms with Gasteiger partial charge in [-0.15, -0.1) is 4.33 Å². The van der Waals surface area contributed by atoms with E-state index in [1.807, 2.05) is 0 Å². The van der Waals surface area contributed by atoms with Gasteiger partial charge >= 0.3 is 5.97 Å². The standard InChI is InChI=1S/C8H9NO11S4/c9-4-1-7(24(15,16)17)5(2-6(4)23(12,13)14)22-18-8(10)3-21-20-19-11/h1-2,11H,3,9H2,(H,12,13,14)(H,15,16,17). The van der Waals surface area contributed by atoms with Crippen molar-refractivity contribution < 1.29 is 49.5 Å². The van der Waals surface area contributed by atoms with Gasteiger partial charge in [-0.05, 0) is 12.1 Å². The summed E-state index contributed by atoms with van der Waals surface area (Å²) in [6.07, 6.45) is 0. The molecule has 0 amide bonds. The van der Waals surface area contributed by atoms with Crippen molar-refractivity contribution in [3.05, 3.63) is 12.1 Å². The highest BCUT2D eigenvalue weighted by molar-refractivity contribution is 7.97. The van der Waals surface area contributed by atoms with Gasteiger partial charge < -0.3 is 9.92 Å². The maximum absolute atomic E-state index is 11.3. The molecule has 136 valence electrons. The molecular formula is C8H9NO11S4. The van der Waals surface area contributed by atoms with Crippen molar-refractivity contribution in [3.8, 4) is 0 Å². The first-order chi connectivity index (χ1) is 11.0. The minimum Gasteiger partial charge on any atom is -0.398 e. The van der Waals surface area contributed by atoms with Crippen molar-refractivity contribution in [2.75, 3.05) is 11.5 Å². The lowest BCUT2D eigenvalue weighted by atomic mass is 10.3. The van der Waals surface area contributed by atoms with Gasteiger partial charge in [0, 0.05) is 12.0 Å². The van der Waals surface area contributed by atoms with Gasteiger partial charge in [0.05, 0.1) is 22.6 Å². The molecule has 5 N–H and O–H groups in total. The van der Waals surface area contributed by atoms with E-state index in [1.165, 1.54) is 0 Å². The van der Waals surface area contributed by atoms with E-state index < -0.39 is 52.3 Å². The van der Waals surface area contributed by atoms with E-state index in [0.717, 1.165) is 0 Å². The van der Waals surface area contributed by atoms with E-state index in [4.69, 9.17) is 20.1 Å². The van der Waals surface area contributed by atoms with Gasteiger partial charge in [-0.2, -0.15) is 16.8 Å². The largest absolute Gasteiger partial charge is 0.398 e. The molecule has 1 aromatic carbocycles. The Labute approximate surface area is 144 Å². The molecule has 0 saturated heterocycles. The molecule has 0 aromatic heterocycles. The van der Waals surface area contributed by atoms with Crippen LogP contribution in [0.1, 0.15) is 0 Å². The van der Waals surface area contributed by atoms with Crippen LogP contribution in [0.25, 0.3) is 0 Å². The zero-order valence-electron chi connectivity index (χ0n) is 11.2. The number of anilines is 1. The van der Waals surface area contributed by atoms with Crippen LogP contribution >= 0.6 is 24.1 Å². The Balaban J connectivity index is 3.13. The minimum absolute atomic E-state index is 0.0870. The van der Waals surface area contributed by atoms with Crippen LogP contribution < -0.4 is 5.73 Å². The van der Waals surface area contributed by atoms with E-state index in [9.17, 15) is 21.6 Å². The first kappa shape index (κ1) is 20.9. The highest BCUT2D eigenvalue weighted by Gasteiger charge is 2.24. The number of hydrogen-bond donors (Lipinski definition) is 4. The number of hydrogen-bond acceptors (Lipinski definition) is 12. The van der Waals surface area contributed by atoms with Crippen LogP contribution in [-0.2, 0) is 38.6 Å². The topological polar surface area (TPSA) is 200 Å². The highest BCUT2D eigenvalue weighted by atomic mass is 32.2. The number of carbonyl (C=O) groups is 1. The summed E-state index contributed by atoms with van der Waals surface area (Å²) in [6.45, 7) is 0. The molecule has 0 spiro atoms. The van der Waals surface area contributed by atoms with Crippen LogP contribution in [-0.4, -0.2) is 42.9 Å². The summed E-state index contributed by atoms with van der Waals surface area (Å²) in [7, 11) is -9.64. The highest BCUT2D eigenvalue weighted by Crippen LogP contribution is 2.33. The molecule has 0 aliphatic heterocycles. The number of nitrogens with two attached hydrogens (primary N) is 1. The van der Waals surface area contributed by atoms with Crippen LogP contribution in [0.4, 0.5) is 5.69 Å². The van der Waals surface area contributed by atoms with Crippen molar-refractivity contribution in [1.29, 1.82) is 0 Å². The predicted molar refractivity (Wildman–Crippen MR) is 79.7 cm³/mol. The fourth-order valence-corrected chi connectivity index (χ4v) is 3.83. The second-order valence-corrected chi connectivity index (χ2v) is 7.94. The van der Waals surface area contributed by atoms with Crippen LogP contribution in [0.15, 0.2) is 26.8 Å². The molecule has 0 aliphatic carbocycles. The van der Waals surface area contributed by atoms with E-state index in [2.05, 4.69) is 13.6 Å². The van der Waals surface area contributed by atoms with E-state index >= 15 is 0 Å². The monoisotopic (exact) mass is 423 g/mol. The fraction of sp³-hybridized carbons (Fsp3) is 0.125. The molecule has 0 heterocycles. The van der Waals surface area contributed by atoms with Crippen molar-refractivity contribution >= 4 is 56.0 Å². The first-order valence-corrected chi connectivity index (χ1v) is 9.85. The quantitative estimate of drug-likeness (QED) is 0.112. The van der Waals surface area contributed by atoms with Crippen molar-refractivity contribution in [1.82, 2.24) is 0 Å². The number of carbonyl (C=O) groups excluding carboxylic acids is 1. The van der Waals surface area contributed by atoms with Crippen molar-refractivity contribution in [2.45, 2.75) is 14.7 Å². The molecule has 0 atom stereocenters. The van der Waals surface area contributed by atoms with Crippen molar-refractivity contribution in [3.63, 3.8) is 0 Å². The number of benzene rings is 1. The molecule has 24 heavy (non-hydrogen) atoms. The van der Waals surface area contributed by atoms with Gasteiger partial charge in [-0.25, -0.2) is 5.26 Å². The smallest absolute Gasteiger partial charge is 0.330 e. The maximum Gasteiger partial charge on any atom is 0.330 e. The number of rotatable bonds is 8. The minimum atomic E-state index is -4.84. The molecular weight excluding hydrogens is 414 g/mol. The summed E-state index contributed by atoms with van der Waals surface area (Å²) in [4.78, 5) is 9.10. The molecule has 0 radical (unpaired) electrons. The molecule has 0 bridgehead atoms. The first-order valence-electron chi connectivity index (χ1n) is 5.32. The van der Waals surface area contributed by atoms with Gasteiger partial charge in [0.2, 0.25) is 0 Å². The average Bonchev–Trinajstić information content (AvgIpc) is 2.43. The summed E-state index contributed by atoms with van der Waals surface area (Å²) >= 11 is 0.419. The average molecular weight is 423 g/mol. The van der Waals surface area contributed by atoms with Gasteiger partial charge in [0.15, 0.2) is 0 Å². The van der Waals surface area contributed by atoms with Crippen LogP contribution in [0.2, 0.25) is 0 Å². The molecule has 12 nitrogen and oxygen atoms in total. The van der Waals surface area contributed by atoms with Gasteiger partial charge in [-0.3, -0.25) is 13.9 Å². The van der Waals surface area contributed by atoms with Crippen LogP contribution in [0, 0.1) is 0 Å². The Kier molecular flexibility index (Phi) is 7.25. The maximum atomic E-state index is 11.3. The third-order valence-corrected chi connectivity index (χ3v) is 5.34. The fourth-order valence-electron chi connectivity index (χ4n) is 1.26. The third-order valence-electron chi connectivity index (χ3n) is 2.11. The van der Waals surface area contributed by atoms with E-state index in [0.29, 0.717) is 24.2 Å². The third kappa shape index (κ3) is 6.07. The Morgan fingerprint density at radius 2 is 1.71 bits per heavy atom. The lowest BCUT2D eigenvalue weighted by Gasteiger charge is -2.10. The van der Waals surface area contributed by atoms with Crippen LogP contribution in [0.3, 0.4) is 0 Å². The van der Waals surface area contributed by atoms with Gasteiger partial charge in [-0.1, -0.05) is 5.04 Å². The Morgan fingerprint density at radius 3 is 2.21 bits per heavy atom. The molecule has 0 aliphatic rings. The summed E-state index contributed by atoms with van der Waals surface area (Å²) in [5.74, 6) is -1.48.